The molecular weight excluding hydrogens is 306 g/mol. The maximum atomic E-state index is 12.4. The number of hydrogen-bond donors (Lipinski definition) is 2. The minimum absolute atomic E-state index is 0.0964. The van der Waals surface area contributed by atoms with Crippen LogP contribution in [0, 0.1) is 5.92 Å². The van der Waals surface area contributed by atoms with Crippen molar-refractivity contribution < 1.29 is 14.3 Å². The van der Waals surface area contributed by atoms with Gasteiger partial charge in [0.25, 0.3) is 0 Å². The second kappa shape index (κ2) is 7.55. The number of para-hydroxylation sites is 1. The lowest BCUT2D eigenvalue weighted by molar-refractivity contribution is -0.123. The van der Waals surface area contributed by atoms with Crippen LogP contribution in [0.15, 0.2) is 24.3 Å². The normalized spacial score (nSPS) is 15.9. The maximum Gasteiger partial charge on any atom is 0.317 e. The highest BCUT2D eigenvalue weighted by Gasteiger charge is 2.28. The standard InChI is InChI=1S/C18H27N3O3/c1-18(2,14-6-4-5-7-15(14)24-3)12-20-17(23)21-10-8-13(9-11-21)16(19)22/h4-7,13H,8-12H2,1-3H3,(H2,19,22)(H,20,23). The van der Waals surface area contributed by atoms with Gasteiger partial charge in [-0.3, -0.25) is 4.79 Å². The van der Waals surface area contributed by atoms with Crippen LogP contribution in [-0.2, 0) is 10.2 Å². The molecule has 1 aliphatic rings. The van der Waals surface area contributed by atoms with Gasteiger partial charge >= 0.3 is 6.03 Å². The Labute approximate surface area is 143 Å². The molecule has 2 rings (SSSR count). The molecule has 132 valence electrons. The van der Waals surface area contributed by atoms with Crippen LogP contribution in [0.3, 0.4) is 0 Å². The lowest BCUT2D eigenvalue weighted by Crippen LogP contribution is -2.48. The molecular formula is C18H27N3O3. The summed E-state index contributed by atoms with van der Waals surface area (Å²) in [6.07, 6.45) is 1.28. The smallest absolute Gasteiger partial charge is 0.317 e. The number of methoxy groups -OCH3 is 1. The largest absolute Gasteiger partial charge is 0.496 e. The van der Waals surface area contributed by atoms with Crippen molar-refractivity contribution in [2.75, 3.05) is 26.7 Å². The molecule has 1 aliphatic heterocycles. The highest BCUT2D eigenvalue weighted by molar-refractivity contribution is 5.78. The Morgan fingerprint density at radius 2 is 1.92 bits per heavy atom. The summed E-state index contributed by atoms with van der Waals surface area (Å²) < 4.78 is 5.42. The van der Waals surface area contributed by atoms with Crippen LogP contribution >= 0.6 is 0 Å². The average molecular weight is 333 g/mol. The number of carbonyl (C=O) groups is 2. The monoisotopic (exact) mass is 333 g/mol. The maximum absolute atomic E-state index is 12.4. The first-order valence-electron chi connectivity index (χ1n) is 8.30. The number of urea groups is 1. The highest BCUT2D eigenvalue weighted by Crippen LogP contribution is 2.30. The van der Waals surface area contributed by atoms with Crippen molar-refractivity contribution >= 4 is 11.9 Å². The summed E-state index contributed by atoms with van der Waals surface area (Å²) in [5, 5.41) is 3.00. The number of ether oxygens (including phenoxy) is 1. The second-order valence-corrected chi connectivity index (χ2v) is 6.91. The molecule has 1 saturated heterocycles. The minimum atomic E-state index is -0.271. The van der Waals surface area contributed by atoms with Gasteiger partial charge in [-0.2, -0.15) is 0 Å². The number of rotatable bonds is 5. The number of nitrogens with two attached hydrogens (primary N) is 1. The molecule has 0 bridgehead atoms. The molecule has 6 nitrogen and oxygen atoms in total. The van der Waals surface area contributed by atoms with E-state index in [1.54, 1.807) is 12.0 Å². The van der Waals surface area contributed by atoms with Crippen LogP contribution in [0.2, 0.25) is 0 Å². The Kier molecular flexibility index (Phi) is 5.70. The first kappa shape index (κ1) is 18.1. The third kappa shape index (κ3) is 4.19. The summed E-state index contributed by atoms with van der Waals surface area (Å²) in [5.41, 5.74) is 6.13. The summed E-state index contributed by atoms with van der Waals surface area (Å²) in [6.45, 7) is 5.78. The van der Waals surface area contributed by atoms with Crippen LogP contribution < -0.4 is 15.8 Å². The van der Waals surface area contributed by atoms with E-state index in [4.69, 9.17) is 10.5 Å². The molecule has 3 amide bonds. The molecule has 0 saturated carbocycles. The number of amides is 3. The molecule has 3 N–H and O–H groups in total. The molecule has 0 atom stereocenters. The molecule has 24 heavy (non-hydrogen) atoms. The molecule has 0 spiro atoms. The van der Waals surface area contributed by atoms with Gasteiger partial charge < -0.3 is 20.7 Å². The Morgan fingerprint density at radius 1 is 1.29 bits per heavy atom. The van der Waals surface area contributed by atoms with Gasteiger partial charge in [0.1, 0.15) is 5.75 Å². The van der Waals surface area contributed by atoms with Crippen LogP contribution in [-0.4, -0.2) is 43.6 Å². The third-order valence-corrected chi connectivity index (χ3v) is 4.70. The number of hydrogen-bond acceptors (Lipinski definition) is 3. The molecule has 0 radical (unpaired) electrons. The number of primary amides is 1. The van der Waals surface area contributed by atoms with E-state index in [2.05, 4.69) is 19.2 Å². The first-order chi connectivity index (χ1) is 11.3. The Bertz CT molecular complexity index is 593. The van der Waals surface area contributed by atoms with Crippen LogP contribution in [0.1, 0.15) is 32.3 Å². The van der Waals surface area contributed by atoms with Crippen LogP contribution in [0.25, 0.3) is 0 Å². The van der Waals surface area contributed by atoms with Crippen molar-refractivity contribution in [3.05, 3.63) is 29.8 Å². The lowest BCUT2D eigenvalue weighted by atomic mass is 9.84. The van der Waals surface area contributed by atoms with Gasteiger partial charge in [-0.25, -0.2) is 4.79 Å². The summed E-state index contributed by atoms with van der Waals surface area (Å²) in [5.74, 6) is 0.436. The number of benzene rings is 1. The summed E-state index contributed by atoms with van der Waals surface area (Å²) >= 11 is 0. The highest BCUT2D eigenvalue weighted by atomic mass is 16.5. The number of piperidine rings is 1. The van der Waals surface area contributed by atoms with Crippen molar-refractivity contribution in [2.45, 2.75) is 32.1 Å². The minimum Gasteiger partial charge on any atom is -0.496 e. The van der Waals surface area contributed by atoms with E-state index < -0.39 is 0 Å². The van der Waals surface area contributed by atoms with Crippen LogP contribution in [0.5, 0.6) is 5.75 Å². The van der Waals surface area contributed by atoms with Gasteiger partial charge in [-0.15, -0.1) is 0 Å². The van der Waals surface area contributed by atoms with Gasteiger partial charge in [0.15, 0.2) is 0 Å². The SMILES string of the molecule is COc1ccccc1C(C)(C)CNC(=O)N1CCC(C(N)=O)CC1. The van der Waals surface area contributed by atoms with E-state index in [9.17, 15) is 9.59 Å². The Hall–Kier alpha value is -2.24. The van der Waals surface area contributed by atoms with E-state index in [1.165, 1.54) is 0 Å². The van der Waals surface area contributed by atoms with Gasteiger partial charge in [0, 0.05) is 36.5 Å². The Balaban J connectivity index is 1.92. The lowest BCUT2D eigenvalue weighted by Gasteiger charge is -2.33. The predicted molar refractivity (Wildman–Crippen MR) is 92.9 cm³/mol. The molecule has 0 aliphatic carbocycles. The summed E-state index contributed by atoms with van der Waals surface area (Å²) in [7, 11) is 1.65. The zero-order chi connectivity index (χ0) is 17.7. The molecule has 6 heteroatoms. The zero-order valence-corrected chi connectivity index (χ0v) is 14.7. The van der Waals surface area contributed by atoms with Crippen molar-refractivity contribution in [3.8, 4) is 5.75 Å². The first-order valence-corrected chi connectivity index (χ1v) is 8.30. The van der Waals surface area contributed by atoms with E-state index in [1.807, 2.05) is 24.3 Å². The molecule has 1 aromatic carbocycles. The molecule has 1 fully saturated rings. The number of nitrogens with zero attached hydrogens (tertiary/aromatic N) is 1. The van der Waals surface area contributed by atoms with E-state index in [-0.39, 0.29) is 23.3 Å². The summed E-state index contributed by atoms with van der Waals surface area (Å²) in [6, 6.07) is 7.74. The fourth-order valence-corrected chi connectivity index (χ4v) is 3.07. The van der Waals surface area contributed by atoms with Gasteiger partial charge in [-0.1, -0.05) is 32.0 Å². The van der Waals surface area contributed by atoms with Crippen molar-refractivity contribution in [2.24, 2.45) is 11.7 Å². The Morgan fingerprint density at radius 3 is 2.50 bits per heavy atom. The topological polar surface area (TPSA) is 84.7 Å². The predicted octanol–water partition coefficient (Wildman–Crippen LogP) is 1.88. The number of likely N-dealkylation sites (tertiary alicyclic amines) is 1. The zero-order valence-electron chi connectivity index (χ0n) is 14.7. The molecule has 1 heterocycles. The van der Waals surface area contributed by atoms with Gasteiger partial charge in [0.2, 0.25) is 5.91 Å². The van der Waals surface area contributed by atoms with Crippen LogP contribution in [0.4, 0.5) is 4.79 Å². The number of carbonyl (C=O) groups excluding carboxylic acids is 2. The van der Waals surface area contributed by atoms with E-state index in [0.717, 1.165) is 11.3 Å². The molecule has 1 aromatic rings. The van der Waals surface area contributed by atoms with Crippen molar-refractivity contribution in [1.82, 2.24) is 10.2 Å². The molecule has 0 unspecified atom stereocenters. The average Bonchev–Trinajstić information content (AvgIpc) is 2.59. The summed E-state index contributed by atoms with van der Waals surface area (Å²) in [4.78, 5) is 25.3. The van der Waals surface area contributed by atoms with E-state index in [0.29, 0.717) is 32.5 Å². The van der Waals surface area contributed by atoms with E-state index >= 15 is 0 Å². The number of nitrogens with one attached hydrogen (secondary N) is 1. The second-order valence-electron chi connectivity index (χ2n) is 6.91. The van der Waals surface area contributed by atoms with Gasteiger partial charge in [-0.05, 0) is 18.9 Å². The van der Waals surface area contributed by atoms with Crippen molar-refractivity contribution in [3.63, 3.8) is 0 Å². The van der Waals surface area contributed by atoms with Gasteiger partial charge in [0.05, 0.1) is 7.11 Å². The van der Waals surface area contributed by atoms with Crippen molar-refractivity contribution in [1.29, 1.82) is 0 Å². The molecule has 0 aromatic heterocycles. The fourth-order valence-electron chi connectivity index (χ4n) is 3.07. The third-order valence-electron chi connectivity index (χ3n) is 4.70. The fraction of sp³-hybridized carbons (Fsp3) is 0.556. The quantitative estimate of drug-likeness (QED) is 0.863.